The van der Waals surface area contributed by atoms with Crippen LogP contribution in [0.3, 0.4) is 0 Å². The molecule has 2 atom stereocenters. The van der Waals surface area contributed by atoms with E-state index in [-0.39, 0.29) is 17.9 Å². The Kier molecular flexibility index (Phi) is 4.53. The molecule has 7 heteroatoms. The maximum absolute atomic E-state index is 13.2. The Labute approximate surface area is 157 Å². The van der Waals surface area contributed by atoms with Crippen molar-refractivity contribution in [1.29, 1.82) is 0 Å². The second kappa shape index (κ2) is 7.00. The van der Waals surface area contributed by atoms with Crippen LogP contribution >= 0.6 is 0 Å². The van der Waals surface area contributed by atoms with Crippen LogP contribution in [-0.2, 0) is 4.74 Å². The summed E-state index contributed by atoms with van der Waals surface area (Å²) in [5, 5.41) is 2.82. The van der Waals surface area contributed by atoms with E-state index in [2.05, 4.69) is 29.2 Å². The number of nitrogens with one attached hydrogen (secondary N) is 1. The SMILES string of the molecule is C[C@@H]1CN(C)CC[C@@H]1OC(=O)N1c2ccccc2C(=O)Nc2cccnc21. The van der Waals surface area contributed by atoms with Gasteiger partial charge in [-0.2, -0.15) is 0 Å². The lowest BCUT2D eigenvalue weighted by atomic mass is 9.97. The molecule has 0 radical (unpaired) electrons. The molecular weight excluding hydrogens is 344 g/mol. The van der Waals surface area contributed by atoms with Gasteiger partial charge < -0.3 is 15.0 Å². The van der Waals surface area contributed by atoms with Gasteiger partial charge in [0, 0.05) is 25.2 Å². The highest BCUT2D eigenvalue weighted by Gasteiger charge is 2.34. The second-order valence-electron chi connectivity index (χ2n) is 7.13. The fourth-order valence-corrected chi connectivity index (χ4v) is 3.71. The molecule has 140 valence electrons. The van der Waals surface area contributed by atoms with Gasteiger partial charge in [0.2, 0.25) is 0 Å². The number of likely N-dealkylation sites (tertiary alicyclic amines) is 1. The molecule has 4 rings (SSSR count). The van der Waals surface area contributed by atoms with Gasteiger partial charge in [0.15, 0.2) is 5.82 Å². The Morgan fingerprint density at radius 1 is 1.26 bits per heavy atom. The van der Waals surface area contributed by atoms with Gasteiger partial charge in [-0.3, -0.25) is 4.79 Å². The van der Waals surface area contributed by atoms with Crippen molar-refractivity contribution in [2.45, 2.75) is 19.4 Å². The van der Waals surface area contributed by atoms with E-state index < -0.39 is 6.09 Å². The third-order valence-electron chi connectivity index (χ3n) is 5.10. The standard InChI is InChI=1S/C20H22N4O3/c1-13-12-23(2)11-9-17(13)27-20(26)24-16-8-4-3-6-14(16)19(25)22-15-7-5-10-21-18(15)24/h3-8,10,13,17H,9,11-12H2,1-2H3,(H,22,25)/t13-,17+/m1/s1. The highest BCUT2D eigenvalue weighted by molar-refractivity contribution is 6.16. The number of anilines is 3. The summed E-state index contributed by atoms with van der Waals surface area (Å²) in [6, 6.07) is 10.4. The average molecular weight is 366 g/mol. The number of carbonyl (C=O) groups is 2. The van der Waals surface area contributed by atoms with Crippen LogP contribution < -0.4 is 10.2 Å². The van der Waals surface area contributed by atoms with Gasteiger partial charge in [0.1, 0.15) is 6.10 Å². The Morgan fingerprint density at radius 3 is 2.89 bits per heavy atom. The van der Waals surface area contributed by atoms with Crippen molar-refractivity contribution in [2.24, 2.45) is 5.92 Å². The maximum atomic E-state index is 13.2. The van der Waals surface area contributed by atoms with Crippen LogP contribution in [0.2, 0.25) is 0 Å². The van der Waals surface area contributed by atoms with E-state index in [1.54, 1.807) is 42.6 Å². The lowest BCUT2D eigenvalue weighted by Gasteiger charge is -2.35. The van der Waals surface area contributed by atoms with Crippen LogP contribution in [0.25, 0.3) is 0 Å². The number of amides is 2. The van der Waals surface area contributed by atoms with E-state index in [4.69, 9.17) is 4.74 Å². The lowest BCUT2D eigenvalue weighted by molar-refractivity contribution is 0.0261. The van der Waals surface area contributed by atoms with E-state index in [1.807, 2.05) is 0 Å². The molecule has 2 aliphatic rings. The van der Waals surface area contributed by atoms with Gasteiger partial charge in [-0.15, -0.1) is 0 Å². The minimum Gasteiger partial charge on any atom is -0.445 e. The van der Waals surface area contributed by atoms with Gasteiger partial charge >= 0.3 is 6.09 Å². The van der Waals surface area contributed by atoms with Crippen LogP contribution in [0.1, 0.15) is 23.7 Å². The van der Waals surface area contributed by atoms with E-state index in [9.17, 15) is 9.59 Å². The molecule has 0 unspecified atom stereocenters. The maximum Gasteiger partial charge on any atom is 0.420 e. The van der Waals surface area contributed by atoms with Crippen LogP contribution in [-0.4, -0.2) is 48.1 Å². The van der Waals surface area contributed by atoms with E-state index >= 15 is 0 Å². The molecule has 3 heterocycles. The predicted octanol–water partition coefficient (Wildman–Crippen LogP) is 3.26. The first-order chi connectivity index (χ1) is 13.0. The van der Waals surface area contributed by atoms with Crippen LogP contribution in [0.15, 0.2) is 42.6 Å². The first kappa shape index (κ1) is 17.5. The molecule has 1 N–H and O–H groups in total. The molecule has 7 nitrogen and oxygen atoms in total. The molecule has 1 aromatic heterocycles. The summed E-state index contributed by atoms with van der Waals surface area (Å²) < 4.78 is 5.88. The molecule has 0 bridgehead atoms. The number of piperidine rings is 1. The van der Waals surface area contributed by atoms with Gasteiger partial charge in [0.05, 0.1) is 16.9 Å². The number of benzene rings is 1. The van der Waals surface area contributed by atoms with Crippen LogP contribution in [0.4, 0.5) is 22.0 Å². The van der Waals surface area contributed by atoms with Crippen molar-refractivity contribution < 1.29 is 14.3 Å². The topological polar surface area (TPSA) is 74.8 Å². The molecule has 1 fully saturated rings. The zero-order chi connectivity index (χ0) is 19.0. The highest BCUT2D eigenvalue weighted by Crippen LogP contribution is 2.37. The molecule has 1 saturated heterocycles. The Hall–Kier alpha value is -2.93. The zero-order valence-corrected chi connectivity index (χ0v) is 15.4. The minimum absolute atomic E-state index is 0.167. The van der Waals surface area contributed by atoms with Gasteiger partial charge in [-0.05, 0) is 37.7 Å². The van der Waals surface area contributed by atoms with Gasteiger partial charge in [-0.1, -0.05) is 19.1 Å². The van der Waals surface area contributed by atoms with Crippen molar-refractivity contribution in [2.75, 3.05) is 30.4 Å². The number of para-hydroxylation sites is 1. The Morgan fingerprint density at radius 2 is 2.07 bits per heavy atom. The molecule has 2 aliphatic heterocycles. The zero-order valence-electron chi connectivity index (χ0n) is 15.4. The molecule has 0 aliphatic carbocycles. The van der Waals surface area contributed by atoms with Crippen molar-refractivity contribution in [3.8, 4) is 0 Å². The van der Waals surface area contributed by atoms with E-state index in [1.165, 1.54) is 4.90 Å². The Bertz CT molecular complexity index is 885. The molecular formula is C20H22N4O3. The summed E-state index contributed by atoms with van der Waals surface area (Å²) >= 11 is 0. The monoisotopic (exact) mass is 366 g/mol. The second-order valence-corrected chi connectivity index (χ2v) is 7.13. The van der Waals surface area contributed by atoms with Crippen molar-refractivity contribution >= 4 is 29.2 Å². The third-order valence-corrected chi connectivity index (χ3v) is 5.10. The number of hydrogen-bond donors (Lipinski definition) is 1. The first-order valence-corrected chi connectivity index (χ1v) is 9.09. The van der Waals surface area contributed by atoms with Gasteiger partial charge in [0.25, 0.3) is 5.91 Å². The van der Waals surface area contributed by atoms with Crippen molar-refractivity contribution in [1.82, 2.24) is 9.88 Å². The average Bonchev–Trinajstić information content (AvgIpc) is 2.78. The molecule has 2 amide bonds. The minimum atomic E-state index is -0.514. The fourth-order valence-electron chi connectivity index (χ4n) is 3.71. The number of fused-ring (bicyclic) bond motifs is 2. The van der Waals surface area contributed by atoms with E-state index in [0.29, 0.717) is 22.8 Å². The number of ether oxygens (including phenoxy) is 1. The summed E-state index contributed by atoms with van der Waals surface area (Å²) in [5.74, 6) is 0.321. The molecule has 2 aromatic rings. The number of pyridine rings is 1. The third kappa shape index (κ3) is 3.26. The predicted molar refractivity (Wildman–Crippen MR) is 102 cm³/mol. The lowest BCUT2D eigenvalue weighted by Crippen LogP contribution is -2.43. The largest absolute Gasteiger partial charge is 0.445 e. The summed E-state index contributed by atoms with van der Waals surface area (Å²) in [4.78, 5) is 33.8. The first-order valence-electron chi connectivity index (χ1n) is 9.09. The van der Waals surface area contributed by atoms with Crippen molar-refractivity contribution in [3.05, 3.63) is 48.2 Å². The van der Waals surface area contributed by atoms with Gasteiger partial charge in [-0.25, -0.2) is 14.7 Å². The molecule has 0 spiro atoms. The van der Waals surface area contributed by atoms with E-state index in [0.717, 1.165) is 19.5 Å². The number of aromatic nitrogens is 1. The number of rotatable bonds is 1. The summed E-state index contributed by atoms with van der Waals surface area (Å²) in [6.07, 6.45) is 1.70. The Balaban J connectivity index is 1.71. The molecule has 0 saturated carbocycles. The molecule has 27 heavy (non-hydrogen) atoms. The summed E-state index contributed by atoms with van der Waals surface area (Å²) in [7, 11) is 2.07. The fraction of sp³-hybridized carbons (Fsp3) is 0.350. The number of nitrogens with zero attached hydrogens (tertiary/aromatic N) is 3. The highest BCUT2D eigenvalue weighted by atomic mass is 16.6. The summed E-state index contributed by atoms with van der Waals surface area (Å²) in [5.41, 5.74) is 1.36. The smallest absolute Gasteiger partial charge is 0.420 e. The number of carbonyl (C=O) groups excluding carboxylic acids is 2. The number of hydrogen-bond acceptors (Lipinski definition) is 5. The van der Waals surface area contributed by atoms with Crippen LogP contribution in [0, 0.1) is 5.92 Å². The normalized spacial score (nSPS) is 22.3. The summed E-state index contributed by atoms with van der Waals surface area (Å²) in [6.45, 7) is 3.85. The quantitative estimate of drug-likeness (QED) is 0.838. The molecule has 1 aromatic carbocycles. The van der Waals surface area contributed by atoms with Crippen LogP contribution in [0.5, 0.6) is 0 Å². The van der Waals surface area contributed by atoms with Crippen molar-refractivity contribution in [3.63, 3.8) is 0 Å².